The number of nitrogens with zero attached hydrogens (tertiary/aromatic N) is 1. The molecule has 0 bridgehead atoms. The van der Waals surface area contributed by atoms with E-state index in [4.69, 9.17) is 0 Å². The number of hydrogen-bond donors (Lipinski definition) is 0. The lowest BCUT2D eigenvalue weighted by atomic mass is 10.2. The van der Waals surface area contributed by atoms with Gasteiger partial charge in [0.05, 0.1) is 11.0 Å². The summed E-state index contributed by atoms with van der Waals surface area (Å²) in [7, 11) is 0. The van der Waals surface area contributed by atoms with Crippen molar-refractivity contribution in [2.45, 2.75) is 6.54 Å². The number of aliphatic imine (C=N–C) groups is 1. The van der Waals surface area contributed by atoms with Crippen LogP contribution in [0.4, 0.5) is 13.2 Å². The largest absolute Gasteiger partial charge is 0.235 e. The second kappa shape index (κ2) is 4.39. The van der Waals surface area contributed by atoms with Crippen LogP contribution in [0.15, 0.2) is 15.5 Å². The summed E-state index contributed by atoms with van der Waals surface area (Å²) in [5.74, 6) is -3.22. The van der Waals surface area contributed by atoms with Gasteiger partial charge in [-0.3, -0.25) is 0 Å². The second-order valence-corrected chi connectivity index (χ2v) is 3.15. The Hall–Kier alpha value is -1.13. The summed E-state index contributed by atoms with van der Waals surface area (Å²) in [6.07, 6.45) is 1.14. The zero-order valence-electron chi connectivity index (χ0n) is 6.65. The number of halogens is 4. The summed E-state index contributed by atoms with van der Waals surface area (Å²) in [5, 5.41) is 0. The normalized spacial score (nSPS) is 9.71. The molecule has 0 aliphatic carbocycles. The van der Waals surface area contributed by atoms with Gasteiger partial charge in [-0.1, -0.05) is 0 Å². The van der Waals surface area contributed by atoms with E-state index in [2.05, 4.69) is 20.9 Å². The molecule has 2 nitrogen and oxygen atoms in total. The maximum atomic E-state index is 13.1. The minimum Gasteiger partial charge on any atom is -0.211 e. The molecule has 0 amide bonds. The maximum absolute atomic E-state index is 13.1. The molecule has 0 aliphatic rings. The van der Waals surface area contributed by atoms with Crippen molar-refractivity contribution in [2.24, 2.45) is 4.99 Å². The predicted molar refractivity (Wildman–Crippen MR) is 45.8 cm³/mol. The Morgan fingerprint density at radius 3 is 2.57 bits per heavy atom. The molecule has 0 saturated heterocycles. The van der Waals surface area contributed by atoms with E-state index in [1.165, 1.54) is 0 Å². The van der Waals surface area contributed by atoms with E-state index in [1.807, 2.05) is 0 Å². The van der Waals surface area contributed by atoms with Crippen molar-refractivity contribution < 1.29 is 18.0 Å². The Morgan fingerprint density at radius 2 is 2.00 bits per heavy atom. The summed E-state index contributed by atoms with van der Waals surface area (Å²) >= 11 is 2.60. The quantitative estimate of drug-likeness (QED) is 0.350. The van der Waals surface area contributed by atoms with Gasteiger partial charge in [0.1, 0.15) is 17.5 Å². The molecule has 1 rings (SSSR count). The first kappa shape index (κ1) is 10.9. The minimum absolute atomic E-state index is 0.471. The fourth-order valence-corrected chi connectivity index (χ4v) is 1.21. The molecule has 0 radical (unpaired) electrons. The van der Waals surface area contributed by atoms with Gasteiger partial charge in [-0.05, 0) is 15.9 Å². The van der Waals surface area contributed by atoms with Gasteiger partial charge in [0.2, 0.25) is 6.08 Å². The Balaban J connectivity index is 3.28. The van der Waals surface area contributed by atoms with E-state index in [9.17, 15) is 18.0 Å². The van der Waals surface area contributed by atoms with E-state index < -0.39 is 34.0 Å². The second-order valence-electron chi connectivity index (χ2n) is 2.35. The molecule has 0 saturated carbocycles. The number of hydrogen-bond acceptors (Lipinski definition) is 2. The van der Waals surface area contributed by atoms with Gasteiger partial charge in [0.15, 0.2) is 0 Å². The van der Waals surface area contributed by atoms with E-state index in [0.29, 0.717) is 6.07 Å². The molecule has 1 aromatic carbocycles. The lowest BCUT2D eigenvalue weighted by molar-refractivity contribution is 0.516. The molecular formula is C8H3BrF3NO. The van der Waals surface area contributed by atoms with E-state index in [0.717, 1.165) is 6.08 Å². The first-order chi connectivity index (χ1) is 6.57. The van der Waals surface area contributed by atoms with Crippen molar-refractivity contribution in [2.75, 3.05) is 0 Å². The topological polar surface area (TPSA) is 29.4 Å². The number of rotatable bonds is 2. The van der Waals surface area contributed by atoms with Gasteiger partial charge in [-0.2, -0.15) is 0 Å². The molecule has 1 aromatic rings. The fourth-order valence-electron chi connectivity index (χ4n) is 0.860. The highest BCUT2D eigenvalue weighted by atomic mass is 79.9. The van der Waals surface area contributed by atoms with Crippen LogP contribution in [-0.4, -0.2) is 6.08 Å². The summed E-state index contributed by atoms with van der Waals surface area (Å²) < 4.78 is 38.3. The predicted octanol–water partition coefficient (Wildman–Crippen LogP) is 2.70. The summed E-state index contributed by atoms with van der Waals surface area (Å²) in [5.41, 5.74) is -0.471. The van der Waals surface area contributed by atoms with Gasteiger partial charge < -0.3 is 0 Å². The number of benzene rings is 1. The maximum Gasteiger partial charge on any atom is 0.235 e. The number of carbonyl (C=O) groups excluding carboxylic acids is 1. The highest BCUT2D eigenvalue weighted by Gasteiger charge is 2.16. The molecule has 0 atom stereocenters. The third kappa shape index (κ3) is 2.02. The van der Waals surface area contributed by atoms with Gasteiger partial charge in [-0.25, -0.2) is 23.0 Å². The molecule has 0 aliphatic heterocycles. The molecule has 0 unspecified atom stereocenters. The van der Waals surface area contributed by atoms with Crippen LogP contribution in [0.1, 0.15) is 5.56 Å². The SMILES string of the molecule is O=C=NCc1c(F)cc(F)c(Br)c1F. The molecule has 0 aromatic heterocycles. The molecule has 0 spiro atoms. The molecule has 0 N–H and O–H groups in total. The molecular weight excluding hydrogens is 263 g/mol. The van der Waals surface area contributed by atoms with Gasteiger partial charge >= 0.3 is 0 Å². The fraction of sp³-hybridized carbons (Fsp3) is 0.125. The molecule has 14 heavy (non-hydrogen) atoms. The smallest absolute Gasteiger partial charge is 0.211 e. The molecule has 0 heterocycles. The minimum atomic E-state index is -1.10. The Bertz CT molecular complexity index is 416. The standard InChI is InChI=1S/C8H3BrF3NO/c9-7-6(11)1-5(10)4(8(7)12)2-13-3-14/h1H,2H2. The average molecular weight is 266 g/mol. The Kier molecular flexibility index (Phi) is 3.43. The van der Waals surface area contributed by atoms with Crippen LogP contribution >= 0.6 is 15.9 Å². The van der Waals surface area contributed by atoms with Crippen molar-refractivity contribution in [1.29, 1.82) is 0 Å². The summed E-state index contributed by atoms with van der Waals surface area (Å²) in [4.78, 5) is 12.7. The lowest BCUT2D eigenvalue weighted by Gasteiger charge is -2.03. The van der Waals surface area contributed by atoms with Crippen LogP contribution < -0.4 is 0 Å². The van der Waals surface area contributed by atoms with Crippen molar-refractivity contribution in [3.63, 3.8) is 0 Å². The highest BCUT2D eigenvalue weighted by molar-refractivity contribution is 9.10. The Morgan fingerprint density at radius 1 is 1.36 bits per heavy atom. The average Bonchev–Trinajstić information content (AvgIpc) is 2.14. The first-order valence-electron chi connectivity index (χ1n) is 3.43. The summed E-state index contributed by atoms with van der Waals surface area (Å²) in [6.45, 7) is -0.500. The first-order valence-corrected chi connectivity index (χ1v) is 4.22. The molecule has 74 valence electrons. The Labute approximate surface area is 85.6 Å². The third-order valence-corrected chi connectivity index (χ3v) is 2.24. The molecule has 0 fully saturated rings. The van der Waals surface area contributed by atoms with Crippen LogP contribution in [0.5, 0.6) is 0 Å². The van der Waals surface area contributed by atoms with Gasteiger partial charge in [0.25, 0.3) is 0 Å². The zero-order valence-corrected chi connectivity index (χ0v) is 8.24. The van der Waals surface area contributed by atoms with Crippen LogP contribution in [0.2, 0.25) is 0 Å². The molecule has 6 heteroatoms. The zero-order chi connectivity index (χ0) is 10.7. The van der Waals surface area contributed by atoms with E-state index in [1.54, 1.807) is 0 Å². The van der Waals surface area contributed by atoms with Crippen LogP contribution in [0.25, 0.3) is 0 Å². The third-order valence-electron chi connectivity index (χ3n) is 1.51. The van der Waals surface area contributed by atoms with Gasteiger partial charge in [-0.15, -0.1) is 0 Å². The van der Waals surface area contributed by atoms with Gasteiger partial charge in [0, 0.05) is 11.6 Å². The van der Waals surface area contributed by atoms with E-state index in [-0.39, 0.29) is 0 Å². The van der Waals surface area contributed by atoms with Crippen LogP contribution in [0, 0.1) is 17.5 Å². The lowest BCUT2D eigenvalue weighted by Crippen LogP contribution is -1.98. The highest BCUT2D eigenvalue weighted by Crippen LogP contribution is 2.25. The van der Waals surface area contributed by atoms with Crippen molar-refractivity contribution in [3.8, 4) is 0 Å². The van der Waals surface area contributed by atoms with Crippen molar-refractivity contribution in [3.05, 3.63) is 33.6 Å². The summed E-state index contributed by atoms with van der Waals surface area (Å²) in [6, 6.07) is 0.517. The monoisotopic (exact) mass is 265 g/mol. The van der Waals surface area contributed by atoms with E-state index >= 15 is 0 Å². The number of isocyanates is 1. The van der Waals surface area contributed by atoms with Crippen LogP contribution in [0.3, 0.4) is 0 Å². The van der Waals surface area contributed by atoms with Crippen LogP contribution in [-0.2, 0) is 11.3 Å². The van der Waals surface area contributed by atoms with Crippen molar-refractivity contribution >= 4 is 22.0 Å². The van der Waals surface area contributed by atoms with Crippen molar-refractivity contribution in [1.82, 2.24) is 0 Å².